The van der Waals surface area contributed by atoms with Crippen LogP contribution in [0.5, 0.6) is 0 Å². The third kappa shape index (κ3) is 3.41. The van der Waals surface area contributed by atoms with Crippen molar-refractivity contribution in [2.75, 3.05) is 32.7 Å². The van der Waals surface area contributed by atoms with Crippen LogP contribution < -0.4 is 5.73 Å². The monoisotopic (exact) mass is 284 g/mol. The van der Waals surface area contributed by atoms with Gasteiger partial charge >= 0.3 is 0 Å². The van der Waals surface area contributed by atoms with Crippen LogP contribution in [0.15, 0.2) is 18.3 Å². The van der Waals surface area contributed by atoms with Crippen molar-refractivity contribution in [3.63, 3.8) is 0 Å². The number of nitrogens with two attached hydrogens (primary N) is 1. The molecule has 110 valence electrons. The van der Waals surface area contributed by atoms with Gasteiger partial charge in [0.25, 0.3) is 5.91 Å². The quantitative estimate of drug-likeness (QED) is 0.794. The average molecular weight is 284 g/mol. The molecule has 2 heterocycles. The van der Waals surface area contributed by atoms with Crippen LogP contribution in [0.4, 0.5) is 0 Å². The van der Waals surface area contributed by atoms with E-state index in [0.717, 1.165) is 37.8 Å². The zero-order chi connectivity index (χ0) is 14.7. The zero-order valence-electron chi connectivity index (χ0n) is 12.1. The maximum atomic E-state index is 12.4. The van der Waals surface area contributed by atoms with E-state index in [1.807, 2.05) is 11.0 Å². The number of piperazine rings is 1. The number of hydrogen-bond acceptors (Lipinski definition) is 4. The SMILES string of the molecule is NCC#Cc1ccc(C(=O)N2CCN(C3CC3)CC2)nc1. The Labute approximate surface area is 125 Å². The van der Waals surface area contributed by atoms with Crippen molar-refractivity contribution in [3.8, 4) is 11.8 Å². The fraction of sp³-hybridized carbons (Fsp3) is 0.500. The summed E-state index contributed by atoms with van der Waals surface area (Å²) in [5, 5.41) is 0. The maximum absolute atomic E-state index is 12.4. The van der Waals surface area contributed by atoms with Crippen molar-refractivity contribution in [1.29, 1.82) is 0 Å². The predicted octanol–water partition coefficient (Wildman–Crippen LogP) is 0.312. The first kappa shape index (κ1) is 14.1. The molecule has 0 atom stereocenters. The second-order valence-corrected chi connectivity index (χ2v) is 5.50. The molecule has 1 saturated carbocycles. The molecule has 1 saturated heterocycles. The molecule has 0 spiro atoms. The first-order chi connectivity index (χ1) is 10.3. The van der Waals surface area contributed by atoms with E-state index in [-0.39, 0.29) is 5.91 Å². The van der Waals surface area contributed by atoms with E-state index in [0.29, 0.717) is 12.2 Å². The Bertz CT molecular complexity index is 560. The summed E-state index contributed by atoms with van der Waals surface area (Å²) >= 11 is 0. The fourth-order valence-corrected chi connectivity index (χ4v) is 2.64. The number of pyridine rings is 1. The highest BCUT2D eigenvalue weighted by molar-refractivity contribution is 5.92. The van der Waals surface area contributed by atoms with Crippen molar-refractivity contribution in [2.45, 2.75) is 18.9 Å². The lowest BCUT2D eigenvalue weighted by Gasteiger charge is -2.34. The number of rotatable bonds is 2. The Kier molecular flexibility index (Phi) is 4.18. The minimum atomic E-state index is 0.0174. The van der Waals surface area contributed by atoms with Gasteiger partial charge in [-0.25, -0.2) is 4.98 Å². The van der Waals surface area contributed by atoms with Crippen LogP contribution in [0.2, 0.25) is 0 Å². The first-order valence-electron chi connectivity index (χ1n) is 7.46. The van der Waals surface area contributed by atoms with Gasteiger partial charge in [0.05, 0.1) is 6.54 Å². The molecule has 0 aromatic carbocycles. The molecule has 0 radical (unpaired) electrons. The number of amides is 1. The van der Waals surface area contributed by atoms with Gasteiger partial charge in [-0.05, 0) is 25.0 Å². The largest absolute Gasteiger partial charge is 0.335 e. The Morgan fingerprint density at radius 3 is 2.62 bits per heavy atom. The molecule has 1 aliphatic carbocycles. The Morgan fingerprint density at radius 2 is 2.05 bits per heavy atom. The maximum Gasteiger partial charge on any atom is 0.272 e. The highest BCUT2D eigenvalue weighted by Crippen LogP contribution is 2.27. The van der Waals surface area contributed by atoms with E-state index in [1.165, 1.54) is 12.8 Å². The molecular formula is C16H20N4O. The van der Waals surface area contributed by atoms with Crippen molar-refractivity contribution < 1.29 is 4.79 Å². The molecule has 3 rings (SSSR count). The molecule has 0 bridgehead atoms. The zero-order valence-corrected chi connectivity index (χ0v) is 12.1. The second kappa shape index (κ2) is 6.25. The third-order valence-corrected chi connectivity index (χ3v) is 3.98. The van der Waals surface area contributed by atoms with Crippen LogP contribution in [0.1, 0.15) is 28.9 Å². The molecule has 2 fully saturated rings. The van der Waals surface area contributed by atoms with Crippen LogP contribution in [-0.4, -0.2) is 59.5 Å². The predicted molar refractivity (Wildman–Crippen MR) is 80.7 cm³/mol. The second-order valence-electron chi connectivity index (χ2n) is 5.50. The summed E-state index contributed by atoms with van der Waals surface area (Å²) < 4.78 is 0. The van der Waals surface area contributed by atoms with Crippen LogP contribution >= 0.6 is 0 Å². The molecule has 2 N–H and O–H groups in total. The van der Waals surface area contributed by atoms with Crippen molar-refractivity contribution in [1.82, 2.24) is 14.8 Å². The molecule has 5 nitrogen and oxygen atoms in total. The van der Waals surface area contributed by atoms with Gasteiger partial charge in [-0.2, -0.15) is 0 Å². The standard InChI is InChI=1S/C16H20N4O/c17-7-1-2-13-3-6-15(18-12-13)16(21)20-10-8-19(9-11-20)14-4-5-14/h3,6,12,14H,4-5,7-11,17H2. The molecule has 1 amide bonds. The van der Waals surface area contributed by atoms with Crippen molar-refractivity contribution in [3.05, 3.63) is 29.6 Å². The molecule has 1 aliphatic heterocycles. The van der Waals surface area contributed by atoms with Gasteiger partial charge in [0.2, 0.25) is 0 Å². The van der Waals surface area contributed by atoms with Gasteiger partial charge in [-0.3, -0.25) is 9.69 Å². The summed E-state index contributed by atoms with van der Waals surface area (Å²) in [4.78, 5) is 21.0. The fourth-order valence-electron chi connectivity index (χ4n) is 2.64. The van der Waals surface area contributed by atoms with Crippen LogP contribution in [0.25, 0.3) is 0 Å². The molecule has 0 unspecified atom stereocenters. The molecule has 5 heteroatoms. The average Bonchev–Trinajstić information content (AvgIpc) is 3.38. The lowest BCUT2D eigenvalue weighted by atomic mass is 10.2. The van der Waals surface area contributed by atoms with E-state index in [9.17, 15) is 4.79 Å². The minimum absolute atomic E-state index is 0.0174. The summed E-state index contributed by atoms with van der Waals surface area (Å²) in [5.74, 6) is 5.70. The Hall–Kier alpha value is -1.90. The Morgan fingerprint density at radius 1 is 1.29 bits per heavy atom. The van der Waals surface area contributed by atoms with Gasteiger partial charge in [0.15, 0.2) is 0 Å². The summed E-state index contributed by atoms with van der Waals surface area (Å²) in [5.41, 5.74) is 6.61. The lowest BCUT2D eigenvalue weighted by Crippen LogP contribution is -2.49. The lowest BCUT2D eigenvalue weighted by molar-refractivity contribution is 0.0621. The minimum Gasteiger partial charge on any atom is -0.335 e. The van der Waals surface area contributed by atoms with Gasteiger partial charge in [-0.15, -0.1) is 0 Å². The van der Waals surface area contributed by atoms with E-state index in [2.05, 4.69) is 21.7 Å². The number of carbonyl (C=O) groups excluding carboxylic acids is 1. The van der Waals surface area contributed by atoms with Gasteiger partial charge in [0.1, 0.15) is 5.69 Å². The first-order valence-corrected chi connectivity index (χ1v) is 7.46. The number of nitrogens with zero attached hydrogens (tertiary/aromatic N) is 3. The summed E-state index contributed by atoms with van der Waals surface area (Å²) in [6.45, 7) is 3.89. The topological polar surface area (TPSA) is 62.5 Å². The summed E-state index contributed by atoms with van der Waals surface area (Å²) in [6.07, 6.45) is 4.28. The molecule has 1 aromatic heterocycles. The molecule has 1 aromatic rings. The van der Waals surface area contributed by atoms with E-state index < -0.39 is 0 Å². The van der Waals surface area contributed by atoms with Crippen LogP contribution in [-0.2, 0) is 0 Å². The highest BCUT2D eigenvalue weighted by atomic mass is 16.2. The molecule has 2 aliphatic rings. The number of carbonyl (C=O) groups is 1. The third-order valence-electron chi connectivity index (χ3n) is 3.98. The van der Waals surface area contributed by atoms with Gasteiger partial charge < -0.3 is 10.6 Å². The Balaban J connectivity index is 1.59. The smallest absolute Gasteiger partial charge is 0.272 e. The van der Waals surface area contributed by atoms with Crippen LogP contribution in [0, 0.1) is 11.8 Å². The van der Waals surface area contributed by atoms with Crippen molar-refractivity contribution in [2.24, 2.45) is 5.73 Å². The number of hydrogen-bond donors (Lipinski definition) is 1. The molecular weight excluding hydrogens is 264 g/mol. The van der Waals surface area contributed by atoms with Crippen LogP contribution in [0.3, 0.4) is 0 Å². The summed E-state index contributed by atoms with van der Waals surface area (Å²) in [6, 6.07) is 4.35. The van der Waals surface area contributed by atoms with E-state index >= 15 is 0 Å². The van der Waals surface area contributed by atoms with E-state index in [4.69, 9.17) is 5.73 Å². The molecule has 21 heavy (non-hydrogen) atoms. The highest BCUT2D eigenvalue weighted by Gasteiger charge is 2.32. The summed E-state index contributed by atoms with van der Waals surface area (Å²) in [7, 11) is 0. The number of aromatic nitrogens is 1. The normalized spacial score (nSPS) is 19.0. The van der Waals surface area contributed by atoms with Crippen molar-refractivity contribution >= 4 is 5.91 Å². The van der Waals surface area contributed by atoms with Gasteiger partial charge in [-0.1, -0.05) is 11.8 Å². The van der Waals surface area contributed by atoms with E-state index in [1.54, 1.807) is 12.3 Å². The van der Waals surface area contributed by atoms with Gasteiger partial charge in [0, 0.05) is 44.0 Å².